The van der Waals surface area contributed by atoms with Crippen LogP contribution in [0, 0.1) is 23.7 Å². The Morgan fingerprint density at radius 3 is 1.30 bits per heavy atom. The molecule has 2 aliphatic rings. The lowest BCUT2D eigenvalue weighted by Gasteiger charge is -2.35. The molecule has 38 heteroatoms. The van der Waals surface area contributed by atoms with Gasteiger partial charge in [0.05, 0.1) is 112 Å². The largest absolute Gasteiger partial charge is 0.508 e. The van der Waals surface area contributed by atoms with E-state index in [1.165, 1.54) is 146 Å². The van der Waals surface area contributed by atoms with Crippen LogP contribution in [0.3, 0.4) is 0 Å². The molecule has 0 radical (unpaired) electrons. The van der Waals surface area contributed by atoms with E-state index in [1.807, 2.05) is 20.8 Å². The van der Waals surface area contributed by atoms with E-state index in [0.717, 1.165) is 68.7 Å². The van der Waals surface area contributed by atoms with Crippen molar-refractivity contribution in [3.63, 3.8) is 0 Å². The van der Waals surface area contributed by atoms with Gasteiger partial charge in [0.2, 0.25) is 22.9 Å². The van der Waals surface area contributed by atoms with Gasteiger partial charge in [0, 0.05) is 61.0 Å². The third-order valence-electron chi connectivity index (χ3n) is 18.5. The molecule has 2 fully saturated rings. The van der Waals surface area contributed by atoms with Crippen LogP contribution in [-0.4, -0.2) is 145 Å². The fourth-order valence-corrected chi connectivity index (χ4v) is 12.3. The monoisotopic (exact) mass is 1670 g/mol. The van der Waals surface area contributed by atoms with Gasteiger partial charge in [0.1, 0.15) is 33.5 Å². The van der Waals surface area contributed by atoms with Crippen molar-refractivity contribution < 1.29 is 97.4 Å². The van der Waals surface area contributed by atoms with Gasteiger partial charge < -0.3 is 49.4 Å². The number of carboxylic acid groups (broad SMARTS) is 1. The number of esters is 2. The summed E-state index contributed by atoms with van der Waals surface area (Å²) in [5.41, 5.74) is -0.885. The van der Waals surface area contributed by atoms with E-state index in [2.05, 4.69) is 81.7 Å². The van der Waals surface area contributed by atoms with Crippen LogP contribution in [-0.2, 0) is 62.0 Å². The number of pyridine rings is 3. The van der Waals surface area contributed by atoms with Crippen LogP contribution >= 0.6 is 23.2 Å². The molecular formula is C78H90Cl2F9N15O12. The predicted molar refractivity (Wildman–Crippen MR) is 410 cm³/mol. The van der Waals surface area contributed by atoms with Crippen LogP contribution in [0.4, 0.5) is 56.6 Å². The fourth-order valence-electron chi connectivity index (χ4n) is 11.9. The number of aromatic hydroxyl groups is 1. The first kappa shape index (κ1) is 92.2. The summed E-state index contributed by atoms with van der Waals surface area (Å²) in [5.74, 6) is -2.95. The van der Waals surface area contributed by atoms with Crippen LogP contribution in [0.15, 0.2) is 129 Å². The summed E-state index contributed by atoms with van der Waals surface area (Å²) in [6, 6.07) is 15.3. The van der Waals surface area contributed by atoms with Crippen LogP contribution in [0.25, 0.3) is 0 Å². The fraction of sp³-hybridized carbons (Fsp3) is 0.436. The molecule has 3 atom stereocenters. The second-order valence-electron chi connectivity index (χ2n) is 27.5. The van der Waals surface area contributed by atoms with Gasteiger partial charge in [0.15, 0.2) is 0 Å². The molecule has 4 N–H and O–H groups in total. The number of nitrogens with one attached hydrogen (secondary N) is 2. The van der Waals surface area contributed by atoms with E-state index < -0.39 is 76.1 Å². The molecule has 3 aromatic carbocycles. The van der Waals surface area contributed by atoms with Crippen LogP contribution in [0.1, 0.15) is 177 Å². The Kier molecular flexibility index (Phi) is 34.2. The Balaban J connectivity index is 0.000000218. The molecule has 1 amide bonds. The molecule has 2 aliphatic carbocycles. The number of carbonyl (C=O) groups is 5. The Hall–Kier alpha value is -11.0. The number of aromatic carboxylic acids is 1. The summed E-state index contributed by atoms with van der Waals surface area (Å²) in [6.07, 6.45) is 7.51. The van der Waals surface area contributed by atoms with Crippen molar-refractivity contribution in [2.75, 3.05) is 43.5 Å². The minimum atomic E-state index is -4.80. The normalized spacial score (nSPS) is 16.1. The first-order valence-electron chi connectivity index (χ1n) is 36.7. The molecule has 0 bridgehead atoms. The number of hydrogen-bond donors (Lipinski definition) is 4. The van der Waals surface area contributed by atoms with Gasteiger partial charge in [0.25, 0.3) is 0 Å². The number of benzene rings is 3. The smallest absolute Gasteiger partial charge is 0.421 e. The van der Waals surface area contributed by atoms with Gasteiger partial charge in [-0.1, -0.05) is 39.3 Å². The first-order chi connectivity index (χ1) is 54.9. The van der Waals surface area contributed by atoms with Crippen molar-refractivity contribution in [2.45, 2.75) is 169 Å². The zero-order valence-electron chi connectivity index (χ0n) is 65.0. The summed E-state index contributed by atoms with van der Waals surface area (Å²) in [5, 5.41) is 48.2. The number of hydrogen-bond acceptors (Lipinski definition) is 22. The Labute approximate surface area is 672 Å². The van der Waals surface area contributed by atoms with Crippen molar-refractivity contribution in [2.24, 2.45) is 23.7 Å². The van der Waals surface area contributed by atoms with Crippen molar-refractivity contribution in [3.8, 4) is 29.0 Å². The van der Waals surface area contributed by atoms with E-state index in [0.29, 0.717) is 41.3 Å². The van der Waals surface area contributed by atoms with Gasteiger partial charge in [-0.15, -0.1) is 0 Å². The summed E-state index contributed by atoms with van der Waals surface area (Å²) in [4.78, 5) is 76.7. The molecule has 626 valence electrons. The molecule has 11 rings (SSSR count). The lowest BCUT2D eigenvalue weighted by molar-refractivity contribution is -0.139. The highest BCUT2D eigenvalue weighted by Crippen LogP contribution is 2.42. The Bertz CT molecular complexity index is 4670. The van der Waals surface area contributed by atoms with E-state index in [9.17, 15) is 73.7 Å². The summed E-state index contributed by atoms with van der Waals surface area (Å²) in [7, 11) is 4.03. The average Bonchev–Trinajstić information content (AvgIpc) is 0.927. The average molecular weight is 1670 g/mol. The van der Waals surface area contributed by atoms with E-state index in [4.69, 9.17) is 42.1 Å². The van der Waals surface area contributed by atoms with Gasteiger partial charge in [-0.25, -0.2) is 29.3 Å². The van der Waals surface area contributed by atoms with Crippen molar-refractivity contribution >= 4 is 69.3 Å². The lowest BCUT2D eigenvalue weighted by Crippen LogP contribution is -2.46. The third-order valence-corrected chi connectivity index (χ3v) is 19.1. The van der Waals surface area contributed by atoms with Gasteiger partial charge in [-0.2, -0.15) is 84.5 Å². The number of nitrogens with zero attached hydrogens (tertiary/aromatic N) is 13. The Morgan fingerprint density at radius 1 is 0.534 bits per heavy atom. The lowest BCUT2D eigenvalue weighted by atomic mass is 9.82. The van der Waals surface area contributed by atoms with Gasteiger partial charge in [-0.3, -0.25) is 9.59 Å². The number of anilines is 3. The molecule has 0 aliphatic heterocycles. The minimum absolute atomic E-state index is 0.0135. The van der Waals surface area contributed by atoms with Crippen molar-refractivity contribution in [1.82, 2.24) is 59.9 Å². The summed E-state index contributed by atoms with van der Waals surface area (Å²) < 4.78 is 146. The maximum atomic E-state index is 13.9. The molecule has 6 aromatic heterocycles. The van der Waals surface area contributed by atoms with Crippen LogP contribution in [0.2, 0.25) is 5.15 Å². The molecule has 116 heavy (non-hydrogen) atoms. The number of ether oxygens (including phenoxy) is 5. The first-order valence-corrected chi connectivity index (χ1v) is 37.5. The molecule has 0 unspecified atom stereocenters. The van der Waals surface area contributed by atoms with Crippen molar-refractivity contribution in [3.05, 3.63) is 184 Å². The minimum Gasteiger partial charge on any atom is -0.508 e. The number of phenols is 1. The molecule has 27 nitrogen and oxygen atoms in total. The second-order valence-corrected chi connectivity index (χ2v) is 28.2. The molecule has 9 aromatic rings. The Morgan fingerprint density at radius 2 is 0.914 bits per heavy atom. The summed E-state index contributed by atoms with van der Waals surface area (Å²) in [6.45, 7) is 14.4. The molecule has 6 heterocycles. The molecule has 0 saturated heterocycles. The highest BCUT2D eigenvalue weighted by Gasteiger charge is 2.40. The van der Waals surface area contributed by atoms with Crippen LogP contribution in [0.5, 0.6) is 29.0 Å². The molecule has 0 spiro atoms. The number of carboxylic acids is 1. The zero-order chi connectivity index (χ0) is 85.2. The van der Waals surface area contributed by atoms with Crippen LogP contribution < -0.4 is 25.0 Å². The number of carbonyl (C=O) groups excluding carboxylic acids is 4. The number of alkyl halides is 9. The standard InChI is InChI=1S/C28H32F3N5O5.C21H22F3N5O3.C12H17NO3.C9H6ClF3N4.C8H13ClO/c1-17-4-6-20(7-5-17)26(37)36(18(2)16-40-3)24-9-8-21(13-22(24)27(38)39)41-25-23(28(29,30)31)12-19(14-32-25)15-35-33-10-11-34-35;1-4-13(2)28-18-6-5-15(10-16(18)20(30)31-3)32-19-17(21(22,23)24)9-14(11-25-19)12-29-26-7-8-27-29;1-4-8(2)13-11-6-5-9(14)7-10(11)12(15)16-3;10-8-7(9(11,12)13)3-6(4-14-8)5-17-15-1-2-16-17;1-6-2-4-7(5-3-6)8(9)10/h8-14,17-18,20H,4-7,15-16H2,1-3H3,(H,38,39);5-11,13,28H,4,12H2,1-3H3;5-8,13-14H,4H2,1-3H3;1-4H,5H2;6-7H,2-5H2,1H3/t17?,18-,20?;13-;8-;;/m000../s1. The SMILES string of the molecule is CC1CCC(C(=O)Cl)CC1.CC[C@H](C)Nc1ccc(O)cc1C(=O)OC.CC[C@H](C)Nc1ccc(Oc2ncc(Cn3nccn3)cc2C(F)(F)F)cc1C(=O)OC.COC[C@H](C)N(C(=O)C1CCC(C)CC1)c1ccc(Oc2ncc(Cn3nccn3)cc2C(F)(F)F)cc1C(=O)O.FC(F)(F)c1cc(Cn2nccn2)cnc1Cl. The molecular weight excluding hydrogens is 1580 g/mol. The van der Waals surface area contributed by atoms with E-state index in [1.54, 1.807) is 19.1 Å². The molecule has 2 saturated carbocycles. The highest BCUT2D eigenvalue weighted by molar-refractivity contribution is 6.64. The number of rotatable bonds is 25. The van der Waals surface area contributed by atoms with Gasteiger partial charge >= 0.3 is 36.4 Å². The predicted octanol–water partition coefficient (Wildman–Crippen LogP) is 17.3. The quantitative estimate of drug-likeness (QED) is 0.0136. The number of aromatic nitrogens is 12. The maximum absolute atomic E-state index is 13.9. The highest BCUT2D eigenvalue weighted by atomic mass is 35.5. The summed E-state index contributed by atoms with van der Waals surface area (Å²) >= 11 is 10.8. The number of halogens is 11. The van der Waals surface area contributed by atoms with E-state index >= 15 is 0 Å². The number of methoxy groups -OCH3 is 3. The number of phenolic OH excluding ortho intramolecular Hbond substituents is 1. The second kappa shape index (κ2) is 43.1. The number of amides is 1. The van der Waals surface area contributed by atoms with Gasteiger partial charge in [-0.05, 0) is 198 Å². The zero-order valence-corrected chi connectivity index (χ0v) is 66.5. The third kappa shape index (κ3) is 27.6. The maximum Gasteiger partial charge on any atom is 0.421 e. The van der Waals surface area contributed by atoms with E-state index in [-0.39, 0.29) is 106 Å². The topological polar surface area (TPSA) is 330 Å². The van der Waals surface area contributed by atoms with Crippen molar-refractivity contribution in [1.29, 1.82) is 0 Å².